The summed E-state index contributed by atoms with van der Waals surface area (Å²) in [6.45, 7) is 2.29. The van der Waals surface area contributed by atoms with E-state index in [1.165, 1.54) is 16.7 Å². The molecule has 0 bridgehead atoms. The van der Waals surface area contributed by atoms with Crippen molar-refractivity contribution in [1.29, 1.82) is 0 Å². The molecular formula is C26H23N3O3S. The average Bonchev–Trinajstić information content (AvgIpc) is 3.30. The minimum atomic E-state index is -1.20. The standard InChI is InChI=1S/C26H23N3O3S/c1-18-11-13-19(14-12-18)15-27-23(30)16-28-22-10-6-5-9-21(22)26(25(28)32)29(24(31)17-33-26)20-7-3-2-4-8-20/h2-14H,15-17H2,1H3,(H,27,30)/t26-/m1/s1. The highest BCUT2D eigenvalue weighted by Gasteiger charge is 2.61. The van der Waals surface area contributed by atoms with E-state index >= 15 is 0 Å². The lowest BCUT2D eigenvalue weighted by atomic mass is 10.0. The number of anilines is 2. The van der Waals surface area contributed by atoms with E-state index in [-0.39, 0.29) is 30.0 Å². The van der Waals surface area contributed by atoms with E-state index in [9.17, 15) is 14.4 Å². The van der Waals surface area contributed by atoms with Crippen LogP contribution in [0.15, 0.2) is 78.9 Å². The van der Waals surface area contributed by atoms with Gasteiger partial charge in [0.05, 0.1) is 11.4 Å². The molecule has 3 aromatic rings. The zero-order chi connectivity index (χ0) is 23.0. The minimum absolute atomic E-state index is 0.110. The third-order valence-electron chi connectivity index (χ3n) is 5.99. The second-order valence-corrected chi connectivity index (χ2v) is 9.34. The number of nitrogens with one attached hydrogen (secondary N) is 1. The van der Waals surface area contributed by atoms with Crippen LogP contribution in [-0.4, -0.2) is 30.0 Å². The number of para-hydroxylation sites is 2. The van der Waals surface area contributed by atoms with Gasteiger partial charge in [-0.05, 0) is 30.7 Å². The average molecular weight is 458 g/mol. The number of hydrogen-bond acceptors (Lipinski definition) is 4. The summed E-state index contributed by atoms with van der Waals surface area (Å²) in [4.78, 5) is 41.6. The lowest BCUT2D eigenvalue weighted by Gasteiger charge is -2.33. The first kappa shape index (κ1) is 21.3. The first-order chi connectivity index (χ1) is 16.0. The first-order valence-electron chi connectivity index (χ1n) is 10.8. The SMILES string of the molecule is Cc1ccc(CNC(=O)CN2C(=O)[C@]3(SCC(=O)N3c3ccccc3)c3ccccc32)cc1. The minimum Gasteiger partial charge on any atom is -0.350 e. The summed E-state index contributed by atoms with van der Waals surface area (Å²) in [6.07, 6.45) is 0. The van der Waals surface area contributed by atoms with Gasteiger partial charge in [-0.25, -0.2) is 0 Å². The maximum Gasteiger partial charge on any atom is 0.269 e. The molecule has 1 atom stereocenters. The van der Waals surface area contributed by atoms with E-state index in [4.69, 9.17) is 0 Å². The number of benzene rings is 3. The third kappa shape index (κ3) is 3.58. The molecule has 0 unspecified atom stereocenters. The lowest BCUT2D eigenvalue weighted by Crippen LogP contribution is -2.51. The van der Waals surface area contributed by atoms with Crippen molar-refractivity contribution in [2.24, 2.45) is 0 Å². The van der Waals surface area contributed by atoms with Gasteiger partial charge in [-0.15, -0.1) is 11.8 Å². The van der Waals surface area contributed by atoms with Crippen molar-refractivity contribution >= 4 is 40.9 Å². The van der Waals surface area contributed by atoms with Crippen molar-refractivity contribution in [2.75, 3.05) is 22.1 Å². The molecule has 33 heavy (non-hydrogen) atoms. The van der Waals surface area contributed by atoms with Crippen molar-refractivity contribution in [3.63, 3.8) is 0 Å². The number of carbonyl (C=O) groups excluding carboxylic acids is 3. The van der Waals surface area contributed by atoms with Crippen LogP contribution >= 0.6 is 11.8 Å². The molecule has 0 saturated carbocycles. The summed E-state index contributed by atoms with van der Waals surface area (Å²) >= 11 is 1.31. The summed E-state index contributed by atoms with van der Waals surface area (Å²) in [5, 5.41) is 2.91. The molecule has 1 fully saturated rings. The molecule has 0 radical (unpaired) electrons. The van der Waals surface area contributed by atoms with Crippen molar-refractivity contribution in [3.05, 3.63) is 95.6 Å². The normalized spacial score (nSPS) is 19.3. The Balaban J connectivity index is 1.43. The van der Waals surface area contributed by atoms with E-state index in [1.807, 2.05) is 85.8 Å². The second kappa shape index (κ2) is 8.41. The number of rotatable bonds is 5. The van der Waals surface area contributed by atoms with Gasteiger partial charge in [0.2, 0.25) is 16.7 Å². The molecule has 0 aliphatic carbocycles. The number of thioether (sulfide) groups is 1. The van der Waals surface area contributed by atoms with Crippen LogP contribution in [0.4, 0.5) is 11.4 Å². The van der Waals surface area contributed by atoms with Gasteiger partial charge in [0.25, 0.3) is 5.91 Å². The van der Waals surface area contributed by atoms with Crippen LogP contribution < -0.4 is 15.1 Å². The Hall–Kier alpha value is -3.58. The van der Waals surface area contributed by atoms with Crippen LogP contribution in [0.1, 0.15) is 16.7 Å². The van der Waals surface area contributed by atoms with Crippen LogP contribution in [0.3, 0.4) is 0 Å². The molecule has 0 aromatic heterocycles. The molecule has 3 aromatic carbocycles. The van der Waals surface area contributed by atoms with E-state index in [0.717, 1.165) is 16.7 Å². The fraction of sp³-hybridized carbons (Fsp3) is 0.192. The molecular weight excluding hydrogens is 434 g/mol. The monoisotopic (exact) mass is 457 g/mol. The zero-order valence-electron chi connectivity index (χ0n) is 18.2. The smallest absolute Gasteiger partial charge is 0.269 e. The highest BCUT2D eigenvalue weighted by atomic mass is 32.2. The Bertz CT molecular complexity index is 1230. The number of hydrogen-bond donors (Lipinski definition) is 1. The number of nitrogens with zero attached hydrogens (tertiary/aromatic N) is 2. The van der Waals surface area contributed by atoms with Gasteiger partial charge in [-0.1, -0.05) is 66.2 Å². The first-order valence-corrected chi connectivity index (χ1v) is 11.7. The molecule has 3 amide bonds. The summed E-state index contributed by atoms with van der Waals surface area (Å²) in [7, 11) is 0. The van der Waals surface area contributed by atoms with E-state index in [2.05, 4.69) is 5.32 Å². The van der Waals surface area contributed by atoms with Crippen LogP contribution in [0.25, 0.3) is 0 Å². The Morgan fingerprint density at radius 2 is 1.67 bits per heavy atom. The summed E-state index contributed by atoms with van der Waals surface area (Å²) in [5.41, 5.74) is 4.21. The number of fused-ring (bicyclic) bond motifs is 2. The van der Waals surface area contributed by atoms with Crippen molar-refractivity contribution < 1.29 is 14.4 Å². The van der Waals surface area contributed by atoms with Crippen molar-refractivity contribution in [3.8, 4) is 0 Å². The molecule has 2 heterocycles. The largest absolute Gasteiger partial charge is 0.350 e. The van der Waals surface area contributed by atoms with Gasteiger partial charge < -0.3 is 5.32 Å². The molecule has 6 nitrogen and oxygen atoms in total. The van der Waals surface area contributed by atoms with Crippen LogP contribution in [0.5, 0.6) is 0 Å². The maximum absolute atomic E-state index is 13.9. The van der Waals surface area contributed by atoms with Crippen LogP contribution in [0.2, 0.25) is 0 Å². The van der Waals surface area contributed by atoms with Crippen LogP contribution in [-0.2, 0) is 25.8 Å². The van der Waals surface area contributed by atoms with Crippen LogP contribution in [0, 0.1) is 6.92 Å². The number of carbonyl (C=O) groups is 3. The zero-order valence-corrected chi connectivity index (χ0v) is 19.0. The second-order valence-electron chi connectivity index (χ2n) is 8.17. The Morgan fingerprint density at radius 3 is 2.42 bits per heavy atom. The highest BCUT2D eigenvalue weighted by Crippen LogP contribution is 2.55. The molecule has 1 spiro atoms. The van der Waals surface area contributed by atoms with Gasteiger partial charge >= 0.3 is 0 Å². The summed E-state index contributed by atoms with van der Waals surface area (Å²) < 4.78 is 0. The van der Waals surface area contributed by atoms with Gasteiger partial charge in [0, 0.05) is 17.8 Å². The summed E-state index contributed by atoms with van der Waals surface area (Å²) in [5.74, 6) is -0.451. The predicted molar refractivity (Wildman–Crippen MR) is 130 cm³/mol. The Kier molecular flexibility index (Phi) is 5.42. The quantitative estimate of drug-likeness (QED) is 0.636. The van der Waals surface area contributed by atoms with Gasteiger partial charge in [-0.2, -0.15) is 0 Å². The van der Waals surface area contributed by atoms with E-state index < -0.39 is 4.87 Å². The third-order valence-corrected chi connectivity index (χ3v) is 7.38. The molecule has 1 saturated heterocycles. The predicted octanol–water partition coefficient (Wildman–Crippen LogP) is 3.59. The van der Waals surface area contributed by atoms with Gasteiger partial charge in [-0.3, -0.25) is 24.2 Å². The highest BCUT2D eigenvalue weighted by molar-refractivity contribution is 8.02. The number of amides is 3. The lowest BCUT2D eigenvalue weighted by molar-refractivity contribution is -0.125. The fourth-order valence-corrected chi connectivity index (χ4v) is 5.76. The summed E-state index contributed by atoms with van der Waals surface area (Å²) in [6, 6.07) is 24.6. The van der Waals surface area contributed by atoms with Crippen molar-refractivity contribution in [1.82, 2.24) is 5.32 Å². The molecule has 2 aliphatic heterocycles. The van der Waals surface area contributed by atoms with E-state index in [0.29, 0.717) is 17.9 Å². The molecule has 1 N–H and O–H groups in total. The maximum atomic E-state index is 13.9. The molecule has 2 aliphatic rings. The molecule has 166 valence electrons. The molecule has 7 heteroatoms. The van der Waals surface area contributed by atoms with E-state index in [1.54, 1.807) is 4.90 Å². The topological polar surface area (TPSA) is 69.7 Å². The fourth-order valence-electron chi connectivity index (χ4n) is 4.40. The Labute approximate surface area is 196 Å². The Morgan fingerprint density at radius 1 is 0.970 bits per heavy atom. The van der Waals surface area contributed by atoms with Gasteiger partial charge in [0.15, 0.2) is 0 Å². The molecule has 5 rings (SSSR count). The number of aryl methyl sites for hydroxylation is 1. The van der Waals surface area contributed by atoms with Gasteiger partial charge in [0.1, 0.15) is 6.54 Å². The van der Waals surface area contributed by atoms with Crippen molar-refractivity contribution in [2.45, 2.75) is 18.3 Å².